The molecule has 0 unspecified atom stereocenters. The number of aromatic nitrogens is 1. The summed E-state index contributed by atoms with van der Waals surface area (Å²) >= 11 is 7.05. The van der Waals surface area contributed by atoms with Gasteiger partial charge in [-0.05, 0) is 31.4 Å². The van der Waals surface area contributed by atoms with Crippen molar-refractivity contribution in [1.82, 2.24) is 14.8 Å². The fourth-order valence-electron chi connectivity index (χ4n) is 2.30. The van der Waals surface area contributed by atoms with Crippen molar-refractivity contribution in [1.29, 1.82) is 0 Å². The van der Waals surface area contributed by atoms with E-state index in [9.17, 15) is 0 Å². The molecular weight excluding hydrogens is 314 g/mol. The minimum Gasteiger partial charge on any atom is -0.399 e. The first-order chi connectivity index (χ1) is 10.6. The molecule has 2 heterocycles. The number of nitrogen functional groups attached to an aromatic ring is 1. The zero-order valence-corrected chi connectivity index (χ0v) is 14.1. The van der Waals surface area contributed by atoms with Crippen LogP contribution in [0, 0.1) is 0 Å². The number of hydrogen-bond acceptors (Lipinski definition) is 5. The van der Waals surface area contributed by atoms with E-state index in [0.29, 0.717) is 0 Å². The van der Waals surface area contributed by atoms with Gasteiger partial charge in [-0.3, -0.25) is 0 Å². The molecule has 1 aliphatic rings. The first-order valence-electron chi connectivity index (χ1n) is 7.18. The second-order valence-corrected chi connectivity index (χ2v) is 6.63. The molecule has 116 valence electrons. The van der Waals surface area contributed by atoms with Gasteiger partial charge in [0.05, 0.1) is 5.69 Å². The number of rotatable bonds is 2. The predicted octanol–water partition coefficient (Wildman–Crippen LogP) is 2.34. The fourth-order valence-corrected chi connectivity index (χ4v) is 3.36. The van der Waals surface area contributed by atoms with Crippen LogP contribution in [0.3, 0.4) is 0 Å². The molecule has 2 aromatic rings. The lowest BCUT2D eigenvalue weighted by molar-refractivity contribution is 0.217. The van der Waals surface area contributed by atoms with E-state index >= 15 is 0 Å². The van der Waals surface area contributed by atoms with E-state index in [1.165, 1.54) is 0 Å². The maximum atomic E-state index is 5.71. The fraction of sp³-hybridized carbons (Fsp3) is 0.333. The predicted molar refractivity (Wildman–Crippen MR) is 97.3 cm³/mol. The minimum absolute atomic E-state index is 0.756. The first-order valence-corrected chi connectivity index (χ1v) is 8.46. The number of likely N-dealkylation sites (N-methyl/N-ethyl adjacent to an activating group) is 1. The molecule has 7 heteroatoms. The average molecular weight is 333 g/mol. The van der Waals surface area contributed by atoms with Gasteiger partial charge in [0, 0.05) is 42.8 Å². The van der Waals surface area contributed by atoms with Gasteiger partial charge in [0.1, 0.15) is 0 Å². The van der Waals surface area contributed by atoms with Gasteiger partial charge in [0.2, 0.25) is 0 Å². The third-order valence-electron chi connectivity index (χ3n) is 3.71. The van der Waals surface area contributed by atoms with Gasteiger partial charge in [0.25, 0.3) is 0 Å². The molecule has 1 aromatic heterocycles. The van der Waals surface area contributed by atoms with Crippen molar-refractivity contribution in [2.75, 3.05) is 44.3 Å². The lowest BCUT2D eigenvalue weighted by Gasteiger charge is -2.33. The Labute approximate surface area is 139 Å². The lowest BCUT2D eigenvalue weighted by atomic mass is 10.1. The molecule has 3 N–H and O–H groups in total. The van der Waals surface area contributed by atoms with Crippen LogP contribution in [-0.4, -0.2) is 53.1 Å². The third kappa shape index (κ3) is 3.55. The van der Waals surface area contributed by atoms with Crippen molar-refractivity contribution < 1.29 is 0 Å². The Morgan fingerprint density at radius 2 is 1.91 bits per heavy atom. The Morgan fingerprint density at radius 1 is 1.23 bits per heavy atom. The Morgan fingerprint density at radius 3 is 2.59 bits per heavy atom. The highest BCUT2D eigenvalue weighted by Crippen LogP contribution is 2.25. The molecule has 1 aliphatic heterocycles. The number of thiazole rings is 1. The summed E-state index contributed by atoms with van der Waals surface area (Å²) in [7, 11) is 2.13. The van der Waals surface area contributed by atoms with E-state index in [1.54, 1.807) is 11.3 Å². The van der Waals surface area contributed by atoms with Crippen LogP contribution in [0.2, 0.25) is 0 Å². The zero-order chi connectivity index (χ0) is 15.5. The van der Waals surface area contributed by atoms with E-state index < -0.39 is 0 Å². The van der Waals surface area contributed by atoms with Gasteiger partial charge in [-0.15, -0.1) is 11.3 Å². The Kier molecular flexibility index (Phi) is 4.56. The molecule has 3 rings (SSSR count). The summed E-state index contributed by atoms with van der Waals surface area (Å²) in [5.74, 6) is 0. The van der Waals surface area contributed by atoms with Gasteiger partial charge in [0.15, 0.2) is 10.2 Å². The molecule has 1 fully saturated rings. The first kappa shape index (κ1) is 15.2. The second kappa shape index (κ2) is 6.60. The molecule has 22 heavy (non-hydrogen) atoms. The van der Waals surface area contributed by atoms with Crippen molar-refractivity contribution >= 4 is 39.5 Å². The quantitative estimate of drug-likeness (QED) is 0.650. The number of piperazine rings is 1. The molecule has 1 aromatic carbocycles. The van der Waals surface area contributed by atoms with Gasteiger partial charge in [-0.25, -0.2) is 4.98 Å². The number of nitrogens with one attached hydrogen (secondary N) is 1. The van der Waals surface area contributed by atoms with Crippen molar-refractivity contribution in [3.8, 4) is 11.3 Å². The van der Waals surface area contributed by atoms with Crippen LogP contribution in [0.1, 0.15) is 0 Å². The van der Waals surface area contributed by atoms with Crippen molar-refractivity contribution in [2.24, 2.45) is 0 Å². The van der Waals surface area contributed by atoms with Crippen molar-refractivity contribution in [2.45, 2.75) is 0 Å². The number of nitrogens with two attached hydrogens (primary N) is 1. The van der Waals surface area contributed by atoms with Gasteiger partial charge in [-0.1, -0.05) is 12.1 Å². The van der Waals surface area contributed by atoms with E-state index in [4.69, 9.17) is 18.0 Å². The maximum Gasteiger partial charge on any atom is 0.189 e. The maximum absolute atomic E-state index is 5.71. The van der Waals surface area contributed by atoms with Gasteiger partial charge in [-0.2, -0.15) is 0 Å². The SMILES string of the molecule is CN1CCN(C(=S)Nc2nc(-c3ccc(N)cc3)cs2)CC1. The Bertz CT molecular complexity index is 644. The van der Waals surface area contributed by atoms with Gasteiger partial charge >= 0.3 is 0 Å². The number of anilines is 2. The summed E-state index contributed by atoms with van der Waals surface area (Å²) in [5.41, 5.74) is 8.47. The number of hydrogen-bond donors (Lipinski definition) is 2. The van der Waals surface area contributed by atoms with Crippen LogP contribution in [-0.2, 0) is 0 Å². The van der Waals surface area contributed by atoms with Crippen LogP contribution < -0.4 is 11.1 Å². The number of benzene rings is 1. The monoisotopic (exact) mass is 333 g/mol. The molecule has 0 spiro atoms. The van der Waals surface area contributed by atoms with Crippen LogP contribution in [0.4, 0.5) is 10.8 Å². The molecule has 5 nitrogen and oxygen atoms in total. The smallest absolute Gasteiger partial charge is 0.189 e. The van der Waals surface area contributed by atoms with E-state index in [1.807, 2.05) is 29.6 Å². The van der Waals surface area contributed by atoms with Crippen LogP contribution in [0.5, 0.6) is 0 Å². The topological polar surface area (TPSA) is 57.4 Å². The molecule has 0 radical (unpaired) electrons. The summed E-state index contributed by atoms with van der Waals surface area (Å²) in [6.07, 6.45) is 0. The number of nitrogens with zero attached hydrogens (tertiary/aromatic N) is 3. The molecular formula is C15H19N5S2. The molecule has 0 bridgehead atoms. The summed E-state index contributed by atoms with van der Waals surface area (Å²) < 4.78 is 0. The standard InChI is InChI=1S/C15H19N5S2/c1-19-6-8-20(9-7-19)15(21)18-14-17-13(10-22-14)11-2-4-12(16)5-3-11/h2-5,10H,6-9,16H2,1H3,(H,17,18,21). The number of thiocarbonyl (C=S) groups is 1. The third-order valence-corrected chi connectivity index (χ3v) is 4.83. The minimum atomic E-state index is 0.756. The van der Waals surface area contributed by atoms with E-state index in [0.717, 1.165) is 53.4 Å². The highest BCUT2D eigenvalue weighted by Gasteiger charge is 2.17. The largest absolute Gasteiger partial charge is 0.399 e. The highest BCUT2D eigenvalue weighted by atomic mass is 32.1. The Hall–Kier alpha value is -1.70. The second-order valence-electron chi connectivity index (χ2n) is 5.38. The van der Waals surface area contributed by atoms with Gasteiger partial charge < -0.3 is 20.9 Å². The average Bonchev–Trinajstić information content (AvgIpc) is 2.97. The van der Waals surface area contributed by atoms with Crippen LogP contribution in [0.15, 0.2) is 29.6 Å². The molecule has 0 saturated carbocycles. The molecule has 1 saturated heterocycles. The summed E-state index contributed by atoms with van der Waals surface area (Å²) in [6.45, 7) is 3.99. The van der Waals surface area contributed by atoms with E-state index in [2.05, 4.69) is 27.1 Å². The summed E-state index contributed by atoms with van der Waals surface area (Å²) in [4.78, 5) is 9.10. The zero-order valence-electron chi connectivity index (χ0n) is 12.5. The summed E-state index contributed by atoms with van der Waals surface area (Å²) in [5, 5.41) is 6.86. The normalized spacial score (nSPS) is 15.8. The Balaban J connectivity index is 1.64. The van der Waals surface area contributed by atoms with Crippen LogP contribution >= 0.6 is 23.6 Å². The van der Waals surface area contributed by atoms with Crippen LogP contribution in [0.25, 0.3) is 11.3 Å². The highest BCUT2D eigenvalue weighted by molar-refractivity contribution is 7.80. The van der Waals surface area contributed by atoms with Crippen molar-refractivity contribution in [3.05, 3.63) is 29.6 Å². The summed E-state index contributed by atoms with van der Waals surface area (Å²) in [6, 6.07) is 7.73. The molecule has 0 aliphatic carbocycles. The molecule has 0 atom stereocenters. The van der Waals surface area contributed by atoms with E-state index in [-0.39, 0.29) is 0 Å². The van der Waals surface area contributed by atoms with Crippen molar-refractivity contribution in [3.63, 3.8) is 0 Å². The lowest BCUT2D eigenvalue weighted by Crippen LogP contribution is -2.48. The molecule has 0 amide bonds.